The SMILES string of the molecule is Cc1c(O)c(CO)cc2c1CCCC2. The molecule has 1 aromatic carbocycles. The molecule has 0 amide bonds. The maximum atomic E-state index is 9.79. The fourth-order valence-corrected chi connectivity index (χ4v) is 2.30. The second-order valence-electron chi connectivity index (χ2n) is 4.01. The van der Waals surface area contributed by atoms with Gasteiger partial charge in [-0.15, -0.1) is 0 Å². The average Bonchev–Trinajstić information content (AvgIpc) is 2.23. The number of hydrogen-bond acceptors (Lipinski definition) is 2. The van der Waals surface area contributed by atoms with Crippen LogP contribution in [0.3, 0.4) is 0 Å². The van der Waals surface area contributed by atoms with E-state index in [0.717, 1.165) is 18.4 Å². The monoisotopic (exact) mass is 192 g/mol. The molecule has 2 heteroatoms. The summed E-state index contributed by atoms with van der Waals surface area (Å²) in [7, 11) is 0. The molecule has 0 radical (unpaired) electrons. The molecule has 0 atom stereocenters. The largest absolute Gasteiger partial charge is 0.507 e. The summed E-state index contributed by atoms with van der Waals surface area (Å²) in [6, 6.07) is 1.96. The van der Waals surface area contributed by atoms with Gasteiger partial charge in [0.1, 0.15) is 5.75 Å². The Kier molecular flexibility index (Phi) is 2.46. The number of aryl methyl sites for hydroxylation is 1. The van der Waals surface area contributed by atoms with Crippen molar-refractivity contribution in [2.24, 2.45) is 0 Å². The van der Waals surface area contributed by atoms with Gasteiger partial charge in [-0.05, 0) is 55.4 Å². The maximum absolute atomic E-state index is 9.79. The van der Waals surface area contributed by atoms with E-state index in [-0.39, 0.29) is 12.4 Å². The summed E-state index contributed by atoms with van der Waals surface area (Å²) < 4.78 is 0. The molecule has 1 aliphatic carbocycles. The van der Waals surface area contributed by atoms with Crippen molar-refractivity contribution < 1.29 is 10.2 Å². The minimum atomic E-state index is -0.0695. The molecule has 2 nitrogen and oxygen atoms in total. The second-order valence-corrected chi connectivity index (χ2v) is 4.01. The first-order chi connectivity index (χ1) is 6.74. The van der Waals surface area contributed by atoms with Crippen LogP contribution in [0.1, 0.15) is 35.1 Å². The molecule has 0 bridgehead atoms. The van der Waals surface area contributed by atoms with E-state index >= 15 is 0 Å². The first kappa shape index (κ1) is 9.53. The highest BCUT2D eigenvalue weighted by Gasteiger charge is 2.16. The van der Waals surface area contributed by atoms with Crippen LogP contribution < -0.4 is 0 Å². The Hall–Kier alpha value is -1.02. The van der Waals surface area contributed by atoms with Crippen LogP contribution in [-0.2, 0) is 19.4 Å². The van der Waals surface area contributed by atoms with Gasteiger partial charge in [-0.1, -0.05) is 0 Å². The van der Waals surface area contributed by atoms with Gasteiger partial charge in [0.05, 0.1) is 6.61 Å². The number of aromatic hydroxyl groups is 1. The van der Waals surface area contributed by atoms with Crippen molar-refractivity contribution in [2.75, 3.05) is 0 Å². The number of benzene rings is 1. The van der Waals surface area contributed by atoms with E-state index in [1.54, 1.807) is 0 Å². The Morgan fingerprint density at radius 2 is 2.00 bits per heavy atom. The van der Waals surface area contributed by atoms with Gasteiger partial charge in [0.2, 0.25) is 0 Å². The third-order valence-corrected chi connectivity index (χ3v) is 3.14. The van der Waals surface area contributed by atoms with Crippen molar-refractivity contribution in [1.82, 2.24) is 0 Å². The van der Waals surface area contributed by atoms with Gasteiger partial charge in [0.15, 0.2) is 0 Å². The standard InChI is InChI=1S/C12H16O2/c1-8-11-5-3-2-4-9(11)6-10(7-13)12(8)14/h6,13-14H,2-5,7H2,1H3. The Labute approximate surface area is 84.2 Å². The van der Waals surface area contributed by atoms with Crippen LogP contribution in [0.2, 0.25) is 0 Å². The highest BCUT2D eigenvalue weighted by molar-refractivity contribution is 5.49. The van der Waals surface area contributed by atoms with Gasteiger partial charge >= 0.3 is 0 Å². The molecule has 2 rings (SSSR count). The van der Waals surface area contributed by atoms with Crippen molar-refractivity contribution in [2.45, 2.75) is 39.2 Å². The Morgan fingerprint density at radius 1 is 1.29 bits per heavy atom. The first-order valence-electron chi connectivity index (χ1n) is 5.18. The topological polar surface area (TPSA) is 40.5 Å². The lowest BCUT2D eigenvalue weighted by Gasteiger charge is -2.20. The number of fused-ring (bicyclic) bond motifs is 1. The summed E-state index contributed by atoms with van der Waals surface area (Å²) in [5.41, 5.74) is 4.25. The average molecular weight is 192 g/mol. The van der Waals surface area contributed by atoms with E-state index in [2.05, 4.69) is 0 Å². The predicted octanol–water partition coefficient (Wildman–Crippen LogP) is 2.07. The smallest absolute Gasteiger partial charge is 0.124 e. The number of rotatable bonds is 1. The summed E-state index contributed by atoms with van der Waals surface area (Å²) in [6.07, 6.45) is 4.59. The van der Waals surface area contributed by atoms with E-state index in [4.69, 9.17) is 5.11 Å². The van der Waals surface area contributed by atoms with Crippen molar-refractivity contribution in [1.29, 1.82) is 0 Å². The molecule has 1 aromatic rings. The van der Waals surface area contributed by atoms with Crippen LogP contribution in [0, 0.1) is 6.92 Å². The molecule has 1 aliphatic rings. The van der Waals surface area contributed by atoms with Crippen LogP contribution >= 0.6 is 0 Å². The van der Waals surface area contributed by atoms with E-state index in [1.807, 2.05) is 13.0 Å². The zero-order chi connectivity index (χ0) is 10.1. The molecule has 0 aromatic heterocycles. The molecule has 0 saturated carbocycles. The minimum absolute atomic E-state index is 0.0695. The molecule has 14 heavy (non-hydrogen) atoms. The number of hydrogen-bond donors (Lipinski definition) is 2. The van der Waals surface area contributed by atoms with Gasteiger partial charge in [-0.3, -0.25) is 0 Å². The van der Waals surface area contributed by atoms with Gasteiger partial charge in [-0.25, -0.2) is 0 Å². The van der Waals surface area contributed by atoms with Gasteiger partial charge in [-0.2, -0.15) is 0 Å². The van der Waals surface area contributed by atoms with Gasteiger partial charge in [0.25, 0.3) is 0 Å². The fourth-order valence-electron chi connectivity index (χ4n) is 2.30. The van der Waals surface area contributed by atoms with E-state index in [1.165, 1.54) is 24.0 Å². The Morgan fingerprint density at radius 3 is 2.71 bits per heavy atom. The lowest BCUT2D eigenvalue weighted by molar-refractivity contribution is 0.275. The molecule has 0 fully saturated rings. The molecule has 0 heterocycles. The molecule has 2 N–H and O–H groups in total. The Bertz CT molecular complexity index is 356. The van der Waals surface area contributed by atoms with Crippen LogP contribution in [0.4, 0.5) is 0 Å². The summed E-state index contributed by atoms with van der Waals surface area (Å²) in [6.45, 7) is 1.87. The van der Waals surface area contributed by atoms with Crippen molar-refractivity contribution in [3.63, 3.8) is 0 Å². The zero-order valence-electron chi connectivity index (χ0n) is 8.51. The molecule has 0 aliphatic heterocycles. The number of aliphatic hydroxyl groups excluding tert-OH is 1. The molecule has 0 spiro atoms. The molecule has 76 valence electrons. The van der Waals surface area contributed by atoms with Crippen LogP contribution in [0.5, 0.6) is 5.75 Å². The predicted molar refractivity (Wildman–Crippen MR) is 55.4 cm³/mol. The lowest BCUT2D eigenvalue weighted by Crippen LogP contribution is -2.06. The van der Waals surface area contributed by atoms with Gasteiger partial charge in [0, 0.05) is 5.56 Å². The van der Waals surface area contributed by atoms with Crippen LogP contribution in [0.15, 0.2) is 6.07 Å². The van der Waals surface area contributed by atoms with E-state index < -0.39 is 0 Å². The van der Waals surface area contributed by atoms with Crippen LogP contribution in [-0.4, -0.2) is 10.2 Å². The summed E-state index contributed by atoms with van der Waals surface area (Å²) in [5.74, 6) is 0.285. The van der Waals surface area contributed by atoms with Crippen LogP contribution in [0.25, 0.3) is 0 Å². The summed E-state index contributed by atoms with van der Waals surface area (Å²) in [5, 5.41) is 18.9. The lowest BCUT2D eigenvalue weighted by atomic mass is 9.86. The molecular formula is C12H16O2. The molecular weight excluding hydrogens is 176 g/mol. The van der Waals surface area contributed by atoms with E-state index in [9.17, 15) is 5.11 Å². The quantitative estimate of drug-likeness (QED) is 0.715. The minimum Gasteiger partial charge on any atom is -0.507 e. The van der Waals surface area contributed by atoms with Crippen molar-refractivity contribution in [3.05, 3.63) is 28.3 Å². The van der Waals surface area contributed by atoms with Crippen molar-refractivity contribution in [3.8, 4) is 5.75 Å². The third-order valence-electron chi connectivity index (χ3n) is 3.14. The summed E-state index contributed by atoms with van der Waals surface area (Å²) >= 11 is 0. The maximum Gasteiger partial charge on any atom is 0.124 e. The second kappa shape index (κ2) is 3.62. The van der Waals surface area contributed by atoms with E-state index in [0.29, 0.717) is 5.56 Å². The number of phenols is 1. The highest BCUT2D eigenvalue weighted by atomic mass is 16.3. The molecule has 0 saturated heterocycles. The van der Waals surface area contributed by atoms with Crippen molar-refractivity contribution >= 4 is 0 Å². The third kappa shape index (κ3) is 1.40. The zero-order valence-corrected chi connectivity index (χ0v) is 8.51. The number of aliphatic hydroxyl groups is 1. The summed E-state index contributed by atoms with van der Waals surface area (Å²) in [4.78, 5) is 0. The Balaban J connectivity index is 2.57. The highest BCUT2D eigenvalue weighted by Crippen LogP contribution is 2.32. The van der Waals surface area contributed by atoms with Gasteiger partial charge < -0.3 is 10.2 Å². The normalized spacial score (nSPS) is 15.3. The first-order valence-corrected chi connectivity index (χ1v) is 5.18. The fraction of sp³-hybridized carbons (Fsp3) is 0.500. The molecule has 0 unspecified atom stereocenters.